The Labute approximate surface area is 303 Å². The van der Waals surface area contributed by atoms with Crippen molar-refractivity contribution in [2.24, 2.45) is 15.7 Å². The Hall–Kier alpha value is -4.42. The van der Waals surface area contributed by atoms with Gasteiger partial charge >= 0.3 is 5.97 Å². The van der Waals surface area contributed by atoms with Crippen molar-refractivity contribution in [1.29, 1.82) is 0 Å². The first-order valence-electron chi connectivity index (χ1n) is 16.1. The standard InChI is InChI=1S/C26H34BrN5O6.C9H10N2O2/c1-26(2,3)16-4-14(5-17(27)8-16)21(10-23(36)37)32-22(35)13-28-24(38)15-6-18(9-19(33)7-15)31-25-29-11-20(34)12-30-25;10-9(13)7-8(12)5-3-1-2-4-6(5)11-7/h4-9,20-21,24,28,33-34,38H,10-13H2,1-3H3,(H,32,35)(H,36,37)(H2,29,30,31);1-4,8-9,12-13H,10H2. The van der Waals surface area contributed by atoms with Crippen molar-refractivity contribution >= 4 is 50.9 Å². The molecular formula is C35H44BrN7O8. The number of carboxylic acids is 1. The van der Waals surface area contributed by atoms with Crippen LogP contribution in [0.3, 0.4) is 0 Å². The lowest BCUT2D eigenvalue weighted by atomic mass is 9.85. The Morgan fingerprint density at radius 2 is 1.78 bits per heavy atom. The molecule has 51 heavy (non-hydrogen) atoms. The lowest BCUT2D eigenvalue weighted by Crippen LogP contribution is -2.42. The van der Waals surface area contributed by atoms with Gasteiger partial charge < -0.3 is 52.3 Å². The first-order chi connectivity index (χ1) is 24.0. The van der Waals surface area contributed by atoms with Crippen LogP contribution in [0.25, 0.3) is 0 Å². The van der Waals surface area contributed by atoms with Crippen LogP contribution in [0.2, 0.25) is 0 Å². The lowest BCUT2D eigenvalue weighted by Gasteiger charge is -2.24. The van der Waals surface area contributed by atoms with Gasteiger partial charge in [0.1, 0.15) is 24.3 Å². The average molecular weight is 771 g/mol. The van der Waals surface area contributed by atoms with E-state index in [0.717, 1.165) is 10.0 Å². The maximum Gasteiger partial charge on any atom is 0.305 e. The molecule has 3 aromatic rings. The number of hydrogen-bond donors (Lipinski definition) is 11. The highest BCUT2D eigenvalue weighted by Gasteiger charge is 2.28. The molecule has 5 rings (SSSR count). The molecule has 16 heteroatoms. The number of amides is 1. The molecule has 0 bridgehead atoms. The van der Waals surface area contributed by atoms with Crippen LogP contribution in [0, 0.1) is 0 Å². The molecular weight excluding hydrogens is 726 g/mol. The minimum absolute atomic E-state index is 0.113. The molecule has 2 heterocycles. The summed E-state index contributed by atoms with van der Waals surface area (Å²) in [5, 5.41) is 69.7. The number of hydrogen-bond acceptors (Lipinski definition) is 13. The first kappa shape index (κ1) is 39.4. The van der Waals surface area contributed by atoms with Crippen molar-refractivity contribution in [3.05, 3.63) is 87.4 Å². The predicted molar refractivity (Wildman–Crippen MR) is 196 cm³/mol. The summed E-state index contributed by atoms with van der Waals surface area (Å²) < 4.78 is 0.775. The fraction of sp³-hybridized carbons (Fsp3) is 0.371. The number of para-hydroxylation sites is 1. The van der Waals surface area contributed by atoms with Gasteiger partial charge in [-0.15, -0.1) is 0 Å². The van der Waals surface area contributed by atoms with Gasteiger partial charge in [0.15, 0.2) is 5.96 Å². The molecule has 2 aliphatic rings. The molecule has 0 spiro atoms. The number of aliphatic hydroxyl groups excluding tert-OH is 4. The third-order valence-electron chi connectivity index (χ3n) is 7.91. The number of guanidine groups is 1. The molecule has 12 N–H and O–H groups in total. The number of aromatic hydroxyl groups is 1. The quantitative estimate of drug-likeness (QED) is 0.133. The Balaban J connectivity index is 0.000000372. The number of aliphatic hydroxyl groups is 4. The SMILES string of the molecule is CC(C)(C)c1cc(Br)cc(C(CC(=O)O)NC(=O)CNC(O)c2cc(O)cc(NC3=NCC(O)CN3)c2)c1.NC(O)C1=Nc2ccccc2C1O. The second-order valence-electron chi connectivity index (χ2n) is 13.1. The smallest absolute Gasteiger partial charge is 0.305 e. The van der Waals surface area contributed by atoms with Gasteiger partial charge in [-0.1, -0.05) is 61.0 Å². The fourth-order valence-electron chi connectivity index (χ4n) is 5.25. The maximum absolute atomic E-state index is 12.7. The molecule has 5 atom stereocenters. The number of benzene rings is 3. The number of halogens is 1. The van der Waals surface area contributed by atoms with Gasteiger partial charge in [0.2, 0.25) is 5.91 Å². The summed E-state index contributed by atoms with van der Waals surface area (Å²) in [5.74, 6) is -1.27. The molecule has 0 saturated carbocycles. The Morgan fingerprint density at radius 1 is 1.06 bits per heavy atom. The summed E-state index contributed by atoms with van der Waals surface area (Å²) in [6.07, 6.45) is -4.24. The zero-order chi connectivity index (χ0) is 37.5. The minimum atomic E-state index is -1.30. The van der Waals surface area contributed by atoms with Crippen LogP contribution in [-0.4, -0.2) is 86.2 Å². The minimum Gasteiger partial charge on any atom is -0.508 e. The van der Waals surface area contributed by atoms with E-state index in [-0.39, 0.29) is 36.4 Å². The van der Waals surface area contributed by atoms with E-state index < -0.39 is 42.6 Å². The van der Waals surface area contributed by atoms with Gasteiger partial charge in [-0.2, -0.15) is 0 Å². The summed E-state index contributed by atoms with van der Waals surface area (Å²) in [6, 6.07) is 16.4. The number of β-amino-alcohol motifs (C(OH)–C–C–N with tert-alkyl or cyclic N) is 1. The Kier molecular flexibility index (Phi) is 13.3. The van der Waals surface area contributed by atoms with E-state index in [0.29, 0.717) is 40.6 Å². The molecule has 0 radical (unpaired) electrons. The third kappa shape index (κ3) is 11.3. The maximum atomic E-state index is 12.7. The summed E-state index contributed by atoms with van der Waals surface area (Å²) >= 11 is 3.47. The number of phenols is 1. The zero-order valence-electron chi connectivity index (χ0n) is 28.3. The fourth-order valence-corrected chi connectivity index (χ4v) is 5.76. The third-order valence-corrected chi connectivity index (χ3v) is 8.36. The van der Waals surface area contributed by atoms with Crippen LogP contribution in [-0.2, 0) is 15.0 Å². The predicted octanol–water partition coefficient (Wildman–Crippen LogP) is 2.18. The van der Waals surface area contributed by atoms with Gasteiger partial charge in [0.05, 0.1) is 43.1 Å². The molecule has 274 valence electrons. The molecule has 15 nitrogen and oxygen atoms in total. The number of carbonyl (C=O) groups is 2. The van der Waals surface area contributed by atoms with Crippen LogP contribution in [0.4, 0.5) is 11.4 Å². The zero-order valence-corrected chi connectivity index (χ0v) is 29.9. The molecule has 5 unspecified atom stereocenters. The van der Waals surface area contributed by atoms with Crippen LogP contribution in [0.1, 0.15) is 67.8 Å². The number of aliphatic carboxylic acids is 1. The summed E-state index contributed by atoms with van der Waals surface area (Å²) in [6.45, 7) is 6.39. The second-order valence-corrected chi connectivity index (χ2v) is 14.0. The average Bonchev–Trinajstić information content (AvgIpc) is 3.40. The van der Waals surface area contributed by atoms with Gasteiger partial charge in [0.25, 0.3) is 0 Å². The highest BCUT2D eigenvalue weighted by Crippen LogP contribution is 2.34. The first-order valence-corrected chi connectivity index (χ1v) is 16.9. The molecule has 0 saturated heterocycles. The van der Waals surface area contributed by atoms with Crippen molar-refractivity contribution in [3.63, 3.8) is 0 Å². The highest BCUT2D eigenvalue weighted by molar-refractivity contribution is 9.10. The van der Waals surface area contributed by atoms with Gasteiger partial charge in [-0.3, -0.25) is 24.9 Å². The van der Waals surface area contributed by atoms with Crippen molar-refractivity contribution in [3.8, 4) is 5.75 Å². The van der Waals surface area contributed by atoms with E-state index in [1.807, 2.05) is 45.0 Å². The number of carbonyl (C=O) groups excluding carboxylic acids is 1. The van der Waals surface area contributed by atoms with Crippen molar-refractivity contribution in [1.82, 2.24) is 16.0 Å². The number of rotatable bonds is 10. The number of fused-ring (bicyclic) bond motifs is 1. The number of aliphatic imine (C=N–C) groups is 2. The van der Waals surface area contributed by atoms with E-state index in [4.69, 9.17) is 10.8 Å². The van der Waals surface area contributed by atoms with Crippen LogP contribution in [0.5, 0.6) is 5.75 Å². The molecule has 0 fully saturated rings. The monoisotopic (exact) mass is 769 g/mol. The van der Waals surface area contributed by atoms with Crippen LogP contribution in [0.15, 0.2) is 75.1 Å². The molecule has 0 aromatic heterocycles. The number of nitrogens with two attached hydrogens (primary N) is 1. The number of phenolic OH excluding ortho intramolecular Hbond substituents is 1. The largest absolute Gasteiger partial charge is 0.508 e. The number of carboxylic acid groups (broad SMARTS) is 1. The summed E-state index contributed by atoms with van der Waals surface area (Å²) in [4.78, 5) is 32.4. The van der Waals surface area contributed by atoms with Crippen LogP contribution >= 0.6 is 15.9 Å². The summed E-state index contributed by atoms with van der Waals surface area (Å²) in [7, 11) is 0. The Morgan fingerprint density at radius 3 is 2.41 bits per heavy atom. The molecule has 3 aromatic carbocycles. The van der Waals surface area contributed by atoms with Crippen molar-refractivity contribution in [2.45, 2.75) is 63.3 Å². The molecule has 0 aliphatic carbocycles. The van der Waals surface area contributed by atoms with Crippen LogP contribution < -0.4 is 27.0 Å². The second kappa shape index (κ2) is 17.2. The van der Waals surface area contributed by atoms with Crippen molar-refractivity contribution in [2.75, 3.05) is 25.0 Å². The van der Waals surface area contributed by atoms with Gasteiger partial charge in [-0.25, -0.2) is 0 Å². The topological polar surface area (TPSA) is 254 Å². The summed E-state index contributed by atoms with van der Waals surface area (Å²) in [5.41, 5.74) is 9.00. The molecule has 2 aliphatic heterocycles. The van der Waals surface area contributed by atoms with E-state index >= 15 is 0 Å². The molecule has 1 amide bonds. The van der Waals surface area contributed by atoms with E-state index in [9.17, 15) is 35.1 Å². The Bertz CT molecular complexity index is 1780. The number of nitrogens with zero attached hydrogens (tertiary/aromatic N) is 2. The number of anilines is 1. The number of nitrogens with one attached hydrogen (secondary N) is 4. The normalized spacial score (nSPS) is 18.5. The van der Waals surface area contributed by atoms with E-state index in [2.05, 4.69) is 47.2 Å². The van der Waals surface area contributed by atoms with Gasteiger partial charge in [0, 0.05) is 33.9 Å². The lowest BCUT2D eigenvalue weighted by molar-refractivity contribution is -0.137. The van der Waals surface area contributed by atoms with E-state index in [1.165, 1.54) is 12.1 Å². The van der Waals surface area contributed by atoms with E-state index in [1.54, 1.807) is 24.3 Å². The van der Waals surface area contributed by atoms with Crippen molar-refractivity contribution < 1.29 is 40.2 Å². The van der Waals surface area contributed by atoms with Gasteiger partial charge in [-0.05, 0) is 46.9 Å². The highest BCUT2D eigenvalue weighted by atomic mass is 79.9.